The summed E-state index contributed by atoms with van der Waals surface area (Å²) in [6.07, 6.45) is 0. The molecule has 1 rings (SSSR count). The van der Waals surface area contributed by atoms with Crippen LogP contribution in [0.25, 0.3) is 0 Å². The maximum atomic E-state index is 5.04. The van der Waals surface area contributed by atoms with Crippen molar-refractivity contribution in [1.82, 2.24) is 0 Å². The van der Waals surface area contributed by atoms with E-state index in [1.54, 1.807) is 18.4 Å². The molecule has 0 fully saturated rings. The molecule has 1 aromatic heterocycles. The van der Waals surface area contributed by atoms with Crippen molar-refractivity contribution in [2.45, 2.75) is 0 Å². The molecule has 2 nitrogen and oxygen atoms in total. The van der Waals surface area contributed by atoms with Crippen molar-refractivity contribution in [3.63, 3.8) is 0 Å². The molecule has 1 aromatic rings. The van der Waals surface area contributed by atoms with Gasteiger partial charge in [-0.25, -0.2) is 0 Å². The maximum Gasteiger partial charge on any atom is 0.175 e. The van der Waals surface area contributed by atoms with Gasteiger partial charge in [-0.2, -0.15) is 0 Å². The highest BCUT2D eigenvalue weighted by atomic mass is 32.1. The van der Waals surface area contributed by atoms with Gasteiger partial charge in [-0.3, -0.25) is 0 Å². The monoisotopic (exact) mass is 157 g/mol. The summed E-state index contributed by atoms with van der Waals surface area (Å²) in [4.78, 5) is 2.06. The Labute approximate surface area is 65.0 Å². The van der Waals surface area contributed by atoms with Crippen LogP contribution >= 0.6 is 11.3 Å². The molecule has 0 aliphatic rings. The van der Waals surface area contributed by atoms with Gasteiger partial charge in [-0.1, -0.05) is 11.3 Å². The second-order valence-electron chi connectivity index (χ2n) is 2.19. The molecule has 0 atom stereocenters. The molecule has 0 spiro atoms. The first kappa shape index (κ1) is 7.41. The summed E-state index contributed by atoms with van der Waals surface area (Å²) in [6.45, 7) is 0. The summed E-state index contributed by atoms with van der Waals surface area (Å²) in [5, 5.41) is 2.18. The molecular formula is C7H11NOS. The van der Waals surface area contributed by atoms with Crippen LogP contribution in [0.15, 0.2) is 12.1 Å². The smallest absolute Gasteiger partial charge is 0.175 e. The SMILES string of the molecule is COc1ccc(N(C)C)s1. The van der Waals surface area contributed by atoms with Crippen LogP contribution in [0, 0.1) is 0 Å². The van der Waals surface area contributed by atoms with Crippen LogP contribution in [0.2, 0.25) is 0 Å². The van der Waals surface area contributed by atoms with E-state index < -0.39 is 0 Å². The molecule has 0 saturated heterocycles. The van der Waals surface area contributed by atoms with Crippen LogP contribution in [-0.2, 0) is 0 Å². The molecule has 0 amide bonds. The van der Waals surface area contributed by atoms with Gasteiger partial charge in [0.05, 0.1) is 12.1 Å². The molecule has 1 heterocycles. The minimum absolute atomic E-state index is 0.962. The van der Waals surface area contributed by atoms with Gasteiger partial charge in [0, 0.05) is 14.1 Å². The Morgan fingerprint density at radius 1 is 1.40 bits per heavy atom. The molecule has 10 heavy (non-hydrogen) atoms. The van der Waals surface area contributed by atoms with Crippen molar-refractivity contribution in [2.75, 3.05) is 26.1 Å². The minimum Gasteiger partial charge on any atom is -0.487 e. The molecule has 0 radical (unpaired) electrons. The molecule has 56 valence electrons. The number of hydrogen-bond donors (Lipinski definition) is 0. The van der Waals surface area contributed by atoms with Crippen LogP contribution in [0.5, 0.6) is 5.06 Å². The number of hydrogen-bond acceptors (Lipinski definition) is 3. The van der Waals surface area contributed by atoms with Gasteiger partial charge in [-0.15, -0.1) is 0 Å². The fraction of sp³-hybridized carbons (Fsp3) is 0.429. The zero-order valence-corrected chi connectivity index (χ0v) is 7.23. The van der Waals surface area contributed by atoms with Gasteiger partial charge in [0.2, 0.25) is 0 Å². The Morgan fingerprint density at radius 2 is 2.10 bits per heavy atom. The predicted molar refractivity (Wildman–Crippen MR) is 45.2 cm³/mol. The second-order valence-corrected chi connectivity index (χ2v) is 3.22. The number of methoxy groups -OCH3 is 1. The molecule has 0 aliphatic heterocycles. The van der Waals surface area contributed by atoms with Crippen molar-refractivity contribution in [3.05, 3.63) is 12.1 Å². The summed E-state index contributed by atoms with van der Waals surface area (Å²) >= 11 is 1.64. The summed E-state index contributed by atoms with van der Waals surface area (Å²) in [7, 11) is 5.72. The Hall–Kier alpha value is -0.700. The van der Waals surface area contributed by atoms with Crippen molar-refractivity contribution < 1.29 is 4.74 Å². The van der Waals surface area contributed by atoms with Gasteiger partial charge in [0.15, 0.2) is 5.06 Å². The molecule has 0 bridgehead atoms. The van der Waals surface area contributed by atoms with Crippen LogP contribution in [0.1, 0.15) is 0 Å². The van der Waals surface area contributed by atoms with E-state index in [1.165, 1.54) is 5.00 Å². The third-order valence-electron chi connectivity index (χ3n) is 1.21. The quantitative estimate of drug-likeness (QED) is 0.649. The molecule has 3 heteroatoms. The van der Waals surface area contributed by atoms with E-state index in [-0.39, 0.29) is 0 Å². The summed E-state index contributed by atoms with van der Waals surface area (Å²) in [5.41, 5.74) is 0. The lowest BCUT2D eigenvalue weighted by Gasteiger charge is -2.06. The van der Waals surface area contributed by atoms with Gasteiger partial charge in [0.1, 0.15) is 0 Å². The van der Waals surface area contributed by atoms with Gasteiger partial charge in [0.25, 0.3) is 0 Å². The molecule has 0 aromatic carbocycles. The normalized spacial score (nSPS) is 9.50. The number of rotatable bonds is 2. The highest BCUT2D eigenvalue weighted by Crippen LogP contribution is 2.29. The van der Waals surface area contributed by atoms with E-state index in [0.29, 0.717) is 0 Å². The second kappa shape index (κ2) is 2.92. The van der Waals surface area contributed by atoms with Gasteiger partial charge < -0.3 is 9.64 Å². The van der Waals surface area contributed by atoms with E-state index >= 15 is 0 Å². The Balaban J connectivity index is 2.78. The largest absolute Gasteiger partial charge is 0.487 e. The van der Waals surface area contributed by atoms with E-state index in [2.05, 4.69) is 4.90 Å². The maximum absolute atomic E-state index is 5.04. The topological polar surface area (TPSA) is 12.5 Å². The van der Waals surface area contributed by atoms with Crippen molar-refractivity contribution in [2.24, 2.45) is 0 Å². The molecule has 0 N–H and O–H groups in total. The standard InChI is InChI=1S/C7H11NOS/c1-8(2)6-4-5-7(9-3)10-6/h4-5H,1-3H3. The van der Waals surface area contributed by atoms with Gasteiger partial charge in [-0.05, 0) is 12.1 Å². The lowest BCUT2D eigenvalue weighted by Crippen LogP contribution is -2.05. The first-order valence-corrected chi connectivity index (χ1v) is 3.87. The third kappa shape index (κ3) is 1.42. The predicted octanol–water partition coefficient (Wildman–Crippen LogP) is 1.82. The number of nitrogens with zero attached hydrogens (tertiary/aromatic N) is 1. The Bertz CT molecular complexity index is 207. The average Bonchev–Trinajstić information content (AvgIpc) is 2.34. The molecular weight excluding hydrogens is 146 g/mol. The summed E-state index contributed by atoms with van der Waals surface area (Å²) in [6, 6.07) is 4.02. The number of ether oxygens (including phenoxy) is 1. The van der Waals surface area contributed by atoms with Crippen molar-refractivity contribution >= 4 is 16.3 Å². The molecule has 0 unspecified atom stereocenters. The lowest BCUT2D eigenvalue weighted by atomic mass is 10.6. The molecule has 0 saturated carbocycles. The van der Waals surface area contributed by atoms with Crippen LogP contribution in [0.3, 0.4) is 0 Å². The first-order valence-electron chi connectivity index (χ1n) is 3.05. The van der Waals surface area contributed by atoms with E-state index in [4.69, 9.17) is 4.74 Å². The van der Waals surface area contributed by atoms with E-state index in [0.717, 1.165) is 5.06 Å². The summed E-state index contributed by atoms with van der Waals surface area (Å²) in [5.74, 6) is 0. The fourth-order valence-electron chi connectivity index (χ4n) is 0.661. The van der Waals surface area contributed by atoms with Crippen molar-refractivity contribution in [1.29, 1.82) is 0 Å². The Morgan fingerprint density at radius 3 is 2.40 bits per heavy atom. The zero-order chi connectivity index (χ0) is 7.56. The molecule has 0 aliphatic carbocycles. The van der Waals surface area contributed by atoms with E-state index in [1.807, 2.05) is 26.2 Å². The van der Waals surface area contributed by atoms with Crippen LogP contribution < -0.4 is 9.64 Å². The highest BCUT2D eigenvalue weighted by Gasteiger charge is 1.99. The Kier molecular flexibility index (Phi) is 2.17. The fourth-order valence-corrected chi connectivity index (χ4v) is 1.40. The minimum atomic E-state index is 0.962. The number of thiophene rings is 1. The summed E-state index contributed by atoms with van der Waals surface area (Å²) < 4.78 is 5.04. The van der Waals surface area contributed by atoms with Crippen LogP contribution in [-0.4, -0.2) is 21.2 Å². The first-order chi connectivity index (χ1) is 4.74. The average molecular weight is 157 g/mol. The highest BCUT2D eigenvalue weighted by molar-refractivity contribution is 7.17. The third-order valence-corrected chi connectivity index (χ3v) is 2.42. The van der Waals surface area contributed by atoms with Crippen LogP contribution in [0.4, 0.5) is 5.00 Å². The van der Waals surface area contributed by atoms with E-state index in [9.17, 15) is 0 Å². The number of anilines is 1. The van der Waals surface area contributed by atoms with Crippen molar-refractivity contribution in [3.8, 4) is 5.06 Å². The lowest BCUT2D eigenvalue weighted by molar-refractivity contribution is 0.427. The van der Waals surface area contributed by atoms with Gasteiger partial charge >= 0.3 is 0 Å². The zero-order valence-electron chi connectivity index (χ0n) is 6.42.